The maximum absolute atomic E-state index is 6.01. The SMILES string of the molecule is CC(CCC(C)O[Si](C)(C)C)O[Si](C)(C)C. The highest BCUT2D eigenvalue weighted by Gasteiger charge is 2.21. The first kappa shape index (κ1) is 16.4. The van der Waals surface area contributed by atoms with E-state index in [1.165, 1.54) is 0 Å². The van der Waals surface area contributed by atoms with Gasteiger partial charge in [0.1, 0.15) is 0 Å². The van der Waals surface area contributed by atoms with Crippen molar-refractivity contribution in [1.82, 2.24) is 0 Å². The van der Waals surface area contributed by atoms with Crippen LogP contribution in [0.4, 0.5) is 0 Å². The van der Waals surface area contributed by atoms with Crippen molar-refractivity contribution in [2.24, 2.45) is 0 Å². The van der Waals surface area contributed by atoms with E-state index < -0.39 is 16.6 Å². The Hall–Kier alpha value is 0.354. The minimum atomic E-state index is -1.37. The fourth-order valence-corrected chi connectivity index (χ4v) is 4.44. The molecule has 0 aromatic heterocycles. The molecule has 0 aromatic rings. The largest absolute Gasteiger partial charge is 0.415 e. The van der Waals surface area contributed by atoms with Gasteiger partial charge in [-0.3, -0.25) is 0 Å². The lowest BCUT2D eigenvalue weighted by Crippen LogP contribution is -2.33. The number of hydrogen-bond acceptors (Lipinski definition) is 2. The topological polar surface area (TPSA) is 18.5 Å². The maximum Gasteiger partial charge on any atom is 0.184 e. The molecule has 2 atom stereocenters. The molecule has 0 saturated heterocycles. The van der Waals surface area contributed by atoms with Crippen LogP contribution in [0.3, 0.4) is 0 Å². The predicted molar refractivity (Wildman–Crippen MR) is 77.0 cm³/mol. The van der Waals surface area contributed by atoms with Gasteiger partial charge in [-0.1, -0.05) is 0 Å². The molecule has 0 bridgehead atoms. The minimum absolute atomic E-state index is 0.374. The molecule has 0 aliphatic rings. The summed E-state index contributed by atoms with van der Waals surface area (Å²) in [7, 11) is -2.74. The molecule has 0 aliphatic heterocycles. The molecule has 4 heteroatoms. The second-order valence-electron chi connectivity index (χ2n) is 6.66. The highest BCUT2D eigenvalue weighted by atomic mass is 28.4. The van der Waals surface area contributed by atoms with Gasteiger partial charge in [-0.15, -0.1) is 0 Å². The van der Waals surface area contributed by atoms with Crippen molar-refractivity contribution in [2.45, 2.75) is 78.2 Å². The van der Waals surface area contributed by atoms with E-state index in [9.17, 15) is 0 Å². The first-order valence-electron chi connectivity index (χ1n) is 6.35. The van der Waals surface area contributed by atoms with Crippen LogP contribution in [0.2, 0.25) is 39.3 Å². The van der Waals surface area contributed by atoms with Crippen LogP contribution in [-0.4, -0.2) is 28.8 Å². The Balaban J connectivity index is 3.80. The summed E-state index contributed by atoms with van der Waals surface area (Å²) >= 11 is 0. The first-order valence-corrected chi connectivity index (χ1v) is 13.2. The van der Waals surface area contributed by atoms with Gasteiger partial charge in [0.25, 0.3) is 0 Å². The highest BCUT2D eigenvalue weighted by molar-refractivity contribution is 6.70. The maximum atomic E-state index is 6.01. The molecule has 0 radical (unpaired) electrons. The number of hydrogen-bond donors (Lipinski definition) is 0. The molecule has 98 valence electrons. The van der Waals surface area contributed by atoms with Crippen LogP contribution in [0.5, 0.6) is 0 Å². The summed E-state index contributed by atoms with van der Waals surface area (Å²) in [6, 6.07) is 0. The van der Waals surface area contributed by atoms with E-state index >= 15 is 0 Å². The van der Waals surface area contributed by atoms with Crippen molar-refractivity contribution in [3.05, 3.63) is 0 Å². The smallest absolute Gasteiger partial charge is 0.184 e. The molecule has 2 unspecified atom stereocenters. The van der Waals surface area contributed by atoms with Crippen LogP contribution in [0.15, 0.2) is 0 Å². The third kappa shape index (κ3) is 10.9. The van der Waals surface area contributed by atoms with Gasteiger partial charge in [0, 0.05) is 12.2 Å². The highest BCUT2D eigenvalue weighted by Crippen LogP contribution is 2.15. The van der Waals surface area contributed by atoms with E-state index in [1.807, 2.05) is 0 Å². The molecule has 16 heavy (non-hydrogen) atoms. The minimum Gasteiger partial charge on any atom is -0.415 e. The number of rotatable bonds is 7. The third-order valence-electron chi connectivity index (χ3n) is 2.09. The van der Waals surface area contributed by atoms with E-state index in [1.54, 1.807) is 0 Å². The van der Waals surface area contributed by atoms with Gasteiger partial charge in [-0.2, -0.15) is 0 Å². The van der Waals surface area contributed by atoms with Gasteiger partial charge in [0.2, 0.25) is 0 Å². The van der Waals surface area contributed by atoms with Crippen LogP contribution >= 0.6 is 0 Å². The normalized spacial score (nSPS) is 17.2. The van der Waals surface area contributed by atoms with Crippen molar-refractivity contribution >= 4 is 16.6 Å². The lowest BCUT2D eigenvalue weighted by atomic mass is 10.1. The zero-order valence-corrected chi connectivity index (χ0v) is 14.4. The molecular formula is C12H30O2Si2. The van der Waals surface area contributed by atoms with E-state index in [0.29, 0.717) is 12.2 Å². The third-order valence-corrected chi connectivity index (χ3v) is 4.31. The summed E-state index contributed by atoms with van der Waals surface area (Å²) in [5, 5.41) is 0. The molecule has 0 amide bonds. The van der Waals surface area contributed by atoms with Crippen molar-refractivity contribution in [1.29, 1.82) is 0 Å². The van der Waals surface area contributed by atoms with Gasteiger partial charge in [0.05, 0.1) is 0 Å². The summed E-state index contributed by atoms with van der Waals surface area (Å²) in [5.74, 6) is 0. The van der Waals surface area contributed by atoms with Crippen LogP contribution in [0.25, 0.3) is 0 Å². The Bertz CT molecular complexity index is 172. The molecule has 0 aliphatic carbocycles. The molecular weight excluding hydrogens is 232 g/mol. The first-order chi connectivity index (χ1) is 6.99. The average molecular weight is 263 g/mol. The van der Waals surface area contributed by atoms with E-state index in [-0.39, 0.29) is 0 Å². The van der Waals surface area contributed by atoms with Gasteiger partial charge < -0.3 is 8.85 Å². The van der Waals surface area contributed by atoms with Gasteiger partial charge >= 0.3 is 0 Å². The summed E-state index contributed by atoms with van der Waals surface area (Å²) < 4.78 is 12.0. The Morgan fingerprint density at radius 1 is 0.688 bits per heavy atom. The van der Waals surface area contributed by atoms with E-state index in [2.05, 4.69) is 53.1 Å². The zero-order valence-electron chi connectivity index (χ0n) is 12.4. The Kier molecular flexibility index (Phi) is 6.47. The van der Waals surface area contributed by atoms with Crippen LogP contribution in [0, 0.1) is 0 Å². The lowest BCUT2D eigenvalue weighted by Gasteiger charge is -2.27. The summed E-state index contributed by atoms with van der Waals surface area (Å²) in [5.41, 5.74) is 0. The molecule has 0 spiro atoms. The average Bonchev–Trinajstić information content (AvgIpc) is 1.94. The van der Waals surface area contributed by atoms with Gasteiger partial charge in [-0.25, -0.2) is 0 Å². The van der Waals surface area contributed by atoms with Gasteiger partial charge in [0.15, 0.2) is 16.6 Å². The predicted octanol–water partition coefficient (Wildman–Crippen LogP) is 4.25. The fraction of sp³-hybridized carbons (Fsp3) is 1.00. The second-order valence-corrected chi connectivity index (χ2v) is 15.6. The summed E-state index contributed by atoms with van der Waals surface area (Å²) in [4.78, 5) is 0. The molecule has 0 fully saturated rings. The molecule has 2 nitrogen and oxygen atoms in total. The Morgan fingerprint density at radius 2 is 0.938 bits per heavy atom. The van der Waals surface area contributed by atoms with Crippen molar-refractivity contribution in [2.75, 3.05) is 0 Å². The van der Waals surface area contributed by atoms with Crippen molar-refractivity contribution in [3.8, 4) is 0 Å². The molecule has 0 saturated carbocycles. The van der Waals surface area contributed by atoms with Crippen LogP contribution < -0.4 is 0 Å². The monoisotopic (exact) mass is 262 g/mol. The molecule has 0 rings (SSSR count). The Morgan fingerprint density at radius 3 is 1.12 bits per heavy atom. The summed E-state index contributed by atoms with van der Waals surface area (Å²) in [6.45, 7) is 17.8. The second kappa shape index (κ2) is 6.33. The standard InChI is InChI=1S/C12H30O2Si2/c1-11(13-15(3,4)5)9-10-12(2)14-16(6,7)8/h11-12H,9-10H2,1-8H3. The van der Waals surface area contributed by atoms with Crippen molar-refractivity contribution < 1.29 is 8.85 Å². The quantitative estimate of drug-likeness (QED) is 0.639. The fourth-order valence-electron chi connectivity index (χ4n) is 1.79. The van der Waals surface area contributed by atoms with Crippen molar-refractivity contribution in [3.63, 3.8) is 0 Å². The van der Waals surface area contributed by atoms with E-state index in [4.69, 9.17) is 8.85 Å². The summed E-state index contributed by atoms with van der Waals surface area (Å²) in [6.07, 6.45) is 2.96. The molecule has 0 N–H and O–H groups in total. The molecule has 0 aromatic carbocycles. The lowest BCUT2D eigenvalue weighted by molar-refractivity contribution is 0.152. The van der Waals surface area contributed by atoms with Gasteiger partial charge in [-0.05, 0) is 66.0 Å². The Labute approximate surface area is 104 Å². The van der Waals surface area contributed by atoms with Crippen LogP contribution in [0.1, 0.15) is 26.7 Å². The zero-order chi connectivity index (χ0) is 13.0. The molecule has 0 heterocycles. The van der Waals surface area contributed by atoms with Crippen LogP contribution in [-0.2, 0) is 8.85 Å². The van der Waals surface area contributed by atoms with E-state index in [0.717, 1.165) is 12.8 Å².